The maximum Gasteiger partial charge on any atom is 0.408 e. The van der Waals surface area contributed by atoms with Gasteiger partial charge < -0.3 is 25.4 Å². The molecule has 41 heavy (non-hydrogen) atoms. The average Bonchev–Trinajstić information content (AvgIpc) is 3.59. The van der Waals surface area contributed by atoms with Crippen molar-refractivity contribution in [3.8, 4) is 5.75 Å². The minimum absolute atomic E-state index is 0.0543. The van der Waals surface area contributed by atoms with E-state index in [1.165, 1.54) is 0 Å². The van der Waals surface area contributed by atoms with Gasteiger partial charge in [0.15, 0.2) is 0 Å². The molecule has 0 spiro atoms. The number of aromatic hydroxyl groups is 1. The zero-order valence-corrected chi connectivity index (χ0v) is 25.8. The van der Waals surface area contributed by atoms with Gasteiger partial charge in [-0.15, -0.1) is 0 Å². The highest BCUT2D eigenvalue weighted by molar-refractivity contribution is 5.93. The van der Waals surface area contributed by atoms with Crippen molar-refractivity contribution in [3.63, 3.8) is 0 Å². The van der Waals surface area contributed by atoms with E-state index < -0.39 is 23.8 Å². The lowest BCUT2D eigenvalue weighted by Crippen LogP contribution is -2.55. The molecule has 0 aliphatic heterocycles. The molecule has 8 nitrogen and oxygen atoms in total. The Labute approximate surface area is 244 Å². The van der Waals surface area contributed by atoms with Gasteiger partial charge >= 0.3 is 6.09 Å². The zero-order chi connectivity index (χ0) is 30.5. The van der Waals surface area contributed by atoms with Crippen LogP contribution in [0.15, 0.2) is 42.5 Å². The van der Waals surface area contributed by atoms with Crippen LogP contribution in [0.3, 0.4) is 0 Å². The molecule has 1 aliphatic rings. The molecule has 1 aliphatic carbocycles. The Morgan fingerprint density at radius 2 is 1.71 bits per heavy atom. The summed E-state index contributed by atoms with van der Waals surface area (Å²) >= 11 is 0. The van der Waals surface area contributed by atoms with Crippen LogP contribution in [0.25, 0.3) is 0 Å². The molecule has 1 saturated carbocycles. The first-order valence-electron chi connectivity index (χ1n) is 14.7. The standard InChI is InChI=1S/C33H47N3O5/c1-9-10-23(5)34-30(38)29(26-17-20(2)11-12-21(26)3)36(28-18-22(28)4)31(39)27(35-32(40)41-33(6,7)8)19-24-13-15-25(37)16-14-24/h11-17,22-23,27-29,37H,9-10,18-19H2,1-8H3,(H,34,38)(H,35,40). The largest absolute Gasteiger partial charge is 0.508 e. The van der Waals surface area contributed by atoms with Crippen molar-refractivity contribution in [2.75, 3.05) is 0 Å². The Bertz CT molecular complexity index is 1220. The van der Waals surface area contributed by atoms with Crippen LogP contribution in [0.2, 0.25) is 0 Å². The second-order valence-electron chi connectivity index (χ2n) is 12.6. The van der Waals surface area contributed by atoms with Gasteiger partial charge in [0.2, 0.25) is 11.8 Å². The van der Waals surface area contributed by atoms with E-state index in [4.69, 9.17) is 4.74 Å². The number of aryl methyl sites for hydroxylation is 2. The van der Waals surface area contributed by atoms with Gasteiger partial charge in [0.25, 0.3) is 0 Å². The first-order valence-corrected chi connectivity index (χ1v) is 14.7. The van der Waals surface area contributed by atoms with E-state index in [1.54, 1.807) is 49.9 Å². The van der Waals surface area contributed by atoms with Crippen molar-refractivity contribution in [3.05, 3.63) is 64.7 Å². The van der Waals surface area contributed by atoms with Crippen LogP contribution in [0.1, 0.15) is 89.1 Å². The van der Waals surface area contributed by atoms with Crippen LogP contribution in [0, 0.1) is 19.8 Å². The van der Waals surface area contributed by atoms with Crippen LogP contribution in [0.5, 0.6) is 5.75 Å². The van der Waals surface area contributed by atoms with Gasteiger partial charge in [0, 0.05) is 18.5 Å². The molecule has 8 heteroatoms. The molecule has 0 saturated heterocycles. The molecule has 0 bridgehead atoms. The lowest BCUT2D eigenvalue weighted by Gasteiger charge is -2.36. The topological polar surface area (TPSA) is 108 Å². The summed E-state index contributed by atoms with van der Waals surface area (Å²) in [4.78, 5) is 43.3. The van der Waals surface area contributed by atoms with Crippen LogP contribution < -0.4 is 10.6 Å². The second kappa shape index (κ2) is 13.4. The smallest absolute Gasteiger partial charge is 0.408 e. The van der Waals surface area contributed by atoms with Crippen LogP contribution in [0.4, 0.5) is 4.79 Å². The molecule has 2 aromatic carbocycles. The van der Waals surface area contributed by atoms with E-state index in [1.807, 2.05) is 39.0 Å². The third kappa shape index (κ3) is 8.97. The zero-order valence-electron chi connectivity index (χ0n) is 25.8. The normalized spacial score (nSPS) is 18.5. The molecule has 0 aromatic heterocycles. The van der Waals surface area contributed by atoms with Crippen molar-refractivity contribution >= 4 is 17.9 Å². The Hall–Kier alpha value is -3.55. The fourth-order valence-electron chi connectivity index (χ4n) is 5.17. The fraction of sp³-hybridized carbons (Fsp3) is 0.545. The number of nitrogens with zero attached hydrogens (tertiary/aromatic N) is 1. The van der Waals surface area contributed by atoms with E-state index >= 15 is 0 Å². The molecule has 3 N–H and O–H groups in total. The molecular weight excluding hydrogens is 518 g/mol. The number of hydrogen-bond donors (Lipinski definition) is 3. The number of alkyl carbamates (subject to hydrolysis) is 1. The molecule has 0 heterocycles. The van der Waals surface area contributed by atoms with E-state index in [0.717, 1.165) is 41.5 Å². The minimum Gasteiger partial charge on any atom is -0.508 e. The molecule has 5 unspecified atom stereocenters. The number of carbonyl (C=O) groups excluding carboxylic acids is 3. The van der Waals surface area contributed by atoms with Crippen LogP contribution in [-0.2, 0) is 20.7 Å². The monoisotopic (exact) mass is 565 g/mol. The Balaban J connectivity index is 2.08. The van der Waals surface area contributed by atoms with Gasteiger partial charge in [-0.05, 0) is 89.1 Å². The predicted molar refractivity (Wildman–Crippen MR) is 161 cm³/mol. The van der Waals surface area contributed by atoms with E-state index in [0.29, 0.717) is 0 Å². The van der Waals surface area contributed by atoms with E-state index in [9.17, 15) is 19.5 Å². The maximum absolute atomic E-state index is 14.6. The van der Waals surface area contributed by atoms with Gasteiger partial charge in [-0.25, -0.2) is 4.79 Å². The van der Waals surface area contributed by atoms with Gasteiger partial charge in [-0.1, -0.05) is 56.2 Å². The number of carbonyl (C=O) groups is 3. The number of ether oxygens (including phenoxy) is 1. The highest BCUT2D eigenvalue weighted by atomic mass is 16.6. The van der Waals surface area contributed by atoms with Gasteiger partial charge in [-0.3, -0.25) is 9.59 Å². The number of phenolic OH excluding ortho intramolecular Hbond substituents is 1. The van der Waals surface area contributed by atoms with Gasteiger partial charge in [0.1, 0.15) is 23.4 Å². The Morgan fingerprint density at radius 1 is 1.07 bits per heavy atom. The van der Waals surface area contributed by atoms with Crippen LogP contribution in [-0.4, -0.2) is 51.6 Å². The number of benzene rings is 2. The first-order chi connectivity index (χ1) is 19.2. The number of amides is 3. The van der Waals surface area contributed by atoms with Crippen molar-refractivity contribution in [1.29, 1.82) is 0 Å². The SMILES string of the molecule is CCCC(C)NC(=O)C(c1cc(C)ccc1C)N(C(=O)C(Cc1ccc(O)cc1)NC(=O)OC(C)(C)C)C1CC1C. The average molecular weight is 566 g/mol. The number of phenols is 1. The summed E-state index contributed by atoms with van der Waals surface area (Å²) in [6.45, 7) is 15.3. The summed E-state index contributed by atoms with van der Waals surface area (Å²) in [5.74, 6) is -0.253. The minimum atomic E-state index is -0.990. The number of nitrogens with one attached hydrogen (secondary N) is 2. The quantitative estimate of drug-likeness (QED) is 0.323. The predicted octanol–water partition coefficient (Wildman–Crippen LogP) is 5.73. The summed E-state index contributed by atoms with van der Waals surface area (Å²) in [5, 5.41) is 15.7. The fourth-order valence-corrected chi connectivity index (χ4v) is 5.17. The van der Waals surface area contributed by atoms with Crippen LogP contribution >= 0.6 is 0 Å². The molecule has 1 fully saturated rings. The van der Waals surface area contributed by atoms with Crippen molar-refractivity contribution < 1.29 is 24.2 Å². The number of rotatable bonds is 11. The van der Waals surface area contributed by atoms with Gasteiger partial charge in [-0.2, -0.15) is 0 Å². The molecule has 3 amide bonds. The van der Waals surface area contributed by atoms with Crippen molar-refractivity contribution in [1.82, 2.24) is 15.5 Å². The third-order valence-corrected chi connectivity index (χ3v) is 7.41. The second-order valence-corrected chi connectivity index (χ2v) is 12.6. The highest BCUT2D eigenvalue weighted by Gasteiger charge is 2.48. The Kier molecular flexibility index (Phi) is 10.5. The molecule has 3 rings (SSSR count). The molecular formula is C33H47N3O5. The summed E-state index contributed by atoms with van der Waals surface area (Å²) in [6, 6.07) is 10.4. The molecule has 5 atom stereocenters. The molecule has 2 aromatic rings. The third-order valence-electron chi connectivity index (χ3n) is 7.41. The summed E-state index contributed by atoms with van der Waals surface area (Å²) < 4.78 is 5.52. The first kappa shape index (κ1) is 32.0. The molecule has 0 radical (unpaired) electrons. The lowest BCUT2D eigenvalue weighted by molar-refractivity contribution is -0.143. The van der Waals surface area contributed by atoms with Crippen molar-refractivity contribution in [2.24, 2.45) is 5.92 Å². The van der Waals surface area contributed by atoms with E-state index in [-0.39, 0.29) is 42.0 Å². The summed E-state index contributed by atoms with van der Waals surface area (Å²) in [5.41, 5.74) is 2.69. The summed E-state index contributed by atoms with van der Waals surface area (Å²) in [7, 11) is 0. The summed E-state index contributed by atoms with van der Waals surface area (Å²) in [6.07, 6.45) is 1.98. The Morgan fingerprint density at radius 3 is 2.27 bits per heavy atom. The lowest BCUT2D eigenvalue weighted by atomic mass is 9.95. The number of hydrogen-bond acceptors (Lipinski definition) is 5. The van der Waals surface area contributed by atoms with Gasteiger partial charge in [0.05, 0.1) is 0 Å². The van der Waals surface area contributed by atoms with Crippen molar-refractivity contribution in [2.45, 2.75) is 111 Å². The molecule has 224 valence electrons. The van der Waals surface area contributed by atoms with E-state index in [2.05, 4.69) is 24.5 Å². The highest BCUT2D eigenvalue weighted by Crippen LogP contribution is 2.41. The maximum atomic E-state index is 14.6.